The topological polar surface area (TPSA) is 64.8 Å². The molecular weight excluding hydrogens is 342 g/mol. The van der Waals surface area contributed by atoms with Crippen molar-refractivity contribution in [1.29, 1.82) is 0 Å². The molecule has 2 heterocycles. The second kappa shape index (κ2) is 5.54. The summed E-state index contributed by atoms with van der Waals surface area (Å²) in [6.07, 6.45) is 1.56. The molecule has 0 aliphatic rings. The Hall–Kier alpha value is -2.51. The predicted molar refractivity (Wildman–Crippen MR) is 94.6 cm³/mol. The van der Waals surface area contributed by atoms with E-state index in [-0.39, 0.29) is 4.90 Å². The van der Waals surface area contributed by atoms with Gasteiger partial charge in [0.05, 0.1) is 27.8 Å². The Kier molecular flexibility index (Phi) is 3.47. The lowest BCUT2D eigenvalue weighted by Gasteiger charge is -2.07. The van der Waals surface area contributed by atoms with Crippen LogP contribution in [-0.4, -0.2) is 22.6 Å². The lowest BCUT2D eigenvalue weighted by atomic mass is 10.1. The lowest BCUT2D eigenvalue weighted by Crippen LogP contribution is -2.14. The number of nitrogens with zero attached hydrogens (tertiary/aromatic N) is 3. The normalized spacial score (nSPS) is 11.9. The van der Waals surface area contributed by atoms with Gasteiger partial charge in [0.15, 0.2) is 0 Å². The maximum absolute atomic E-state index is 12.9. The van der Waals surface area contributed by atoms with Crippen LogP contribution in [0.2, 0.25) is 0 Å². The van der Waals surface area contributed by atoms with Crippen molar-refractivity contribution < 1.29 is 8.42 Å². The standard InChI is InChI=1S/C17H13N3O2S2/c1-12-2-6-15(7-3-12)24(21,22)20-17-8-13(16-10-23-11-18-16)4-5-14(17)9-19-20/h2-11H,1H3. The van der Waals surface area contributed by atoms with Gasteiger partial charge in [-0.25, -0.2) is 4.98 Å². The van der Waals surface area contributed by atoms with E-state index in [1.165, 1.54) is 11.3 Å². The van der Waals surface area contributed by atoms with Crippen LogP contribution in [0.5, 0.6) is 0 Å². The second-order valence-corrected chi connectivity index (χ2v) is 7.94. The minimum absolute atomic E-state index is 0.220. The first-order valence-corrected chi connectivity index (χ1v) is 9.62. The summed E-state index contributed by atoms with van der Waals surface area (Å²) >= 11 is 1.50. The fraction of sp³-hybridized carbons (Fsp3) is 0.0588. The predicted octanol–water partition coefficient (Wildman–Crippen LogP) is 3.71. The van der Waals surface area contributed by atoms with Crippen LogP contribution in [0.4, 0.5) is 0 Å². The third kappa shape index (κ3) is 2.42. The van der Waals surface area contributed by atoms with E-state index >= 15 is 0 Å². The van der Waals surface area contributed by atoms with Crippen LogP contribution in [0.25, 0.3) is 22.2 Å². The van der Waals surface area contributed by atoms with Gasteiger partial charge in [-0.15, -0.1) is 11.3 Å². The Bertz CT molecular complexity index is 1110. The minimum Gasteiger partial charge on any atom is -0.245 e. The maximum atomic E-state index is 12.9. The van der Waals surface area contributed by atoms with E-state index < -0.39 is 10.0 Å². The first-order valence-electron chi connectivity index (χ1n) is 7.24. The van der Waals surface area contributed by atoms with Crippen LogP contribution in [-0.2, 0) is 10.0 Å². The van der Waals surface area contributed by atoms with Crippen LogP contribution in [0, 0.1) is 6.92 Å². The minimum atomic E-state index is -3.74. The highest BCUT2D eigenvalue weighted by Crippen LogP contribution is 2.26. The van der Waals surface area contributed by atoms with Crippen LogP contribution in [0.15, 0.2) is 64.4 Å². The Balaban J connectivity index is 1.90. The van der Waals surface area contributed by atoms with Gasteiger partial charge in [-0.05, 0) is 25.1 Å². The number of hydrogen-bond acceptors (Lipinski definition) is 5. The van der Waals surface area contributed by atoms with Gasteiger partial charge in [-0.1, -0.05) is 29.8 Å². The summed E-state index contributed by atoms with van der Waals surface area (Å²) in [5.74, 6) is 0. The smallest absolute Gasteiger partial charge is 0.245 e. The van der Waals surface area contributed by atoms with Crippen molar-refractivity contribution in [3.05, 3.63) is 65.1 Å². The van der Waals surface area contributed by atoms with Crippen LogP contribution >= 0.6 is 11.3 Å². The van der Waals surface area contributed by atoms with Crippen LogP contribution in [0.1, 0.15) is 5.56 Å². The summed E-state index contributed by atoms with van der Waals surface area (Å²) < 4.78 is 26.9. The Morgan fingerprint density at radius 3 is 2.58 bits per heavy atom. The molecule has 0 aliphatic heterocycles. The molecule has 120 valence electrons. The molecule has 0 radical (unpaired) electrons. The first kappa shape index (κ1) is 15.0. The largest absolute Gasteiger partial charge is 0.283 e. The van der Waals surface area contributed by atoms with E-state index in [2.05, 4.69) is 10.1 Å². The Morgan fingerprint density at radius 1 is 1.08 bits per heavy atom. The van der Waals surface area contributed by atoms with E-state index in [9.17, 15) is 8.42 Å². The quantitative estimate of drug-likeness (QED) is 0.562. The number of benzene rings is 2. The summed E-state index contributed by atoms with van der Waals surface area (Å²) in [4.78, 5) is 4.50. The molecule has 0 N–H and O–H groups in total. The molecule has 2 aromatic heterocycles. The van der Waals surface area contributed by atoms with Crippen molar-refractivity contribution >= 4 is 32.3 Å². The van der Waals surface area contributed by atoms with Gasteiger partial charge in [0.2, 0.25) is 0 Å². The summed E-state index contributed by atoms with van der Waals surface area (Å²) in [6, 6.07) is 12.3. The van der Waals surface area contributed by atoms with Gasteiger partial charge in [0, 0.05) is 16.3 Å². The molecular formula is C17H13N3O2S2. The van der Waals surface area contributed by atoms with Crippen molar-refractivity contribution in [2.24, 2.45) is 0 Å². The Labute approximate surface area is 143 Å². The SMILES string of the molecule is Cc1ccc(S(=O)(=O)n2ncc3ccc(-c4cscn4)cc32)cc1. The molecule has 0 bridgehead atoms. The monoisotopic (exact) mass is 355 g/mol. The average molecular weight is 355 g/mol. The molecule has 0 amide bonds. The molecule has 0 unspecified atom stereocenters. The second-order valence-electron chi connectivity index (χ2n) is 5.45. The summed E-state index contributed by atoms with van der Waals surface area (Å²) in [5, 5.41) is 6.79. The molecule has 0 aliphatic carbocycles. The van der Waals surface area contributed by atoms with Gasteiger partial charge in [-0.2, -0.15) is 17.6 Å². The third-order valence-corrected chi connectivity index (χ3v) is 6.01. The average Bonchev–Trinajstić information content (AvgIpc) is 3.24. The van der Waals surface area contributed by atoms with Crippen LogP contribution < -0.4 is 0 Å². The van der Waals surface area contributed by atoms with E-state index in [0.29, 0.717) is 5.52 Å². The zero-order valence-electron chi connectivity index (χ0n) is 12.7. The van der Waals surface area contributed by atoms with Crippen LogP contribution in [0.3, 0.4) is 0 Å². The maximum Gasteiger partial charge on any atom is 0.283 e. The molecule has 5 nitrogen and oxygen atoms in total. The number of hydrogen-bond donors (Lipinski definition) is 0. The van der Waals surface area contributed by atoms with Gasteiger partial charge >= 0.3 is 0 Å². The molecule has 0 atom stereocenters. The van der Waals surface area contributed by atoms with Gasteiger partial charge in [0.1, 0.15) is 0 Å². The Morgan fingerprint density at radius 2 is 1.88 bits per heavy atom. The van der Waals surface area contributed by atoms with Gasteiger partial charge in [-0.3, -0.25) is 0 Å². The number of thiazole rings is 1. The molecule has 0 saturated heterocycles. The number of rotatable bonds is 3. The van der Waals surface area contributed by atoms with E-state index in [0.717, 1.165) is 26.3 Å². The van der Waals surface area contributed by atoms with Crippen molar-refractivity contribution in [1.82, 2.24) is 14.2 Å². The van der Waals surface area contributed by atoms with Gasteiger partial charge in [0.25, 0.3) is 10.0 Å². The van der Waals surface area contributed by atoms with Crippen molar-refractivity contribution in [2.75, 3.05) is 0 Å². The molecule has 2 aromatic carbocycles. The van der Waals surface area contributed by atoms with E-state index in [4.69, 9.17) is 0 Å². The highest BCUT2D eigenvalue weighted by molar-refractivity contribution is 7.90. The van der Waals surface area contributed by atoms with E-state index in [1.54, 1.807) is 36.0 Å². The molecule has 7 heteroatoms. The first-order chi connectivity index (χ1) is 11.6. The van der Waals surface area contributed by atoms with Crippen molar-refractivity contribution in [2.45, 2.75) is 11.8 Å². The molecule has 0 saturated carbocycles. The highest BCUT2D eigenvalue weighted by Gasteiger charge is 2.20. The zero-order chi connectivity index (χ0) is 16.7. The van der Waals surface area contributed by atoms with Gasteiger partial charge < -0.3 is 0 Å². The fourth-order valence-electron chi connectivity index (χ4n) is 2.51. The highest BCUT2D eigenvalue weighted by atomic mass is 32.2. The van der Waals surface area contributed by atoms with E-state index in [1.807, 2.05) is 30.5 Å². The lowest BCUT2D eigenvalue weighted by molar-refractivity contribution is 0.582. The van der Waals surface area contributed by atoms with Crippen molar-refractivity contribution in [3.63, 3.8) is 0 Å². The molecule has 24 heavy (non-hydrogen) atoms. The summed E-state index contributed by atoms with van der Waals surface area (Å²) in [6.45, 7) is 1.92. The number of aromatic nitrogens is 3. The van der Waals surface area contributed by atoms with Crippen molar-refractivity contribution in [3.8, 4) is 11.3 Å². The number of fused-ring (bicyclic) bond motifs is 1. The molecule has 0 spiro atoms. The fourth-order valence-corrected chi connectivity index (χ4v) is 4.34. The summed E-state index contributed by atoms with van der Waals surface area (Å²) in [5.41, 5.74) is 4.98. The number of aryl methyl sites for hydroxylation is 1. The molecule has 4 rings (SSSR count). The summed E-state index contributed by atoms with van der Waals surface area (Å²) in [7, 11) is -3.74. The zero-order valence-corrected chi connectivity index (χ0v) is 14.4. The molecule has 4 aromatic rings. The third-order valence-electron chi connectivity index (χ3n) is 3.81. The molecule has 0 fully saturated rings.